The zero-order valence-corrected chi connectivity index (χ0v) is 10.1. The summed E-state index contributed by atoms with van der Waals surface area (Å²) in [6.07, 6.45) is -0.470. The van der Waals surface area contributed by atoms with Crippen molar-refractivity contribution in [2.45, 2.75) is 18.6 Å². The Morgan fingerprint density at radius 2 is 1.94 bits per heavy atom. The zero-order valence-electron chi connectivity index (χ0n) is 8.57. The van der Waals surface area contributed by atoms with Crippen LogP contribution in [-0.4, -0.2) is 25.1 Å². The van der Waals surface area contributed by atoms with Crippen molar-refractivity contribution in [2.24, 2.45) is 0 Å². The van der Waals surface area contributed by atoms with Crippen molar-refractivity contribution in [3.8, 4) is 5.75 Å². The summed E-state index contributed by atoms with van der Waals surface area (Å²) in [5.41, 5.74) is 0. The highest BCUT2D eigenvalue weighted by atomic mass is 35.5. The molecule has 0 N–H and O–H groups in total. The first-order chi connectivity index (χ1) is 7.63. The van der Waals surface area contributed by atoms with Crippen molar-refractivity contribution < 1.29 is 14.3 Å². The number of ketones is 1. The van der Waals surface area contributed by atoms with Crippen LogP contribution in [0.5, 0.6) is 5.75 Å². The van der Waals surface area contributed by atoms with E-state index in [4.69, 9.17) is 32.7 Å². The van der Waals surface area contributed by atoms with Gasteiger partial charge in [-0.05, 0) is 12.1 Å². The predicted molar refractivity (Wildman–Crippen MR) is 61.3 cm³/mol. The smallest absolute Gasteiger partial charge is 0.169 e. The van der Waals surface area contributed by atoms with Gasteiger partial charge in [0, 0.05) is 13.5 Å². The lowest BCUT2D eigenvalue weighted by molar-refractivity contribution is -0.150. The van der Waals surface area contributed by atoms with E-state index in [1.807, 2.05) is 0 Å². The summed E-state index contributed by atoms with van der Waals surface area (Å²) in [5.74, 6) is 0.445. The van der Waals surface area contributed by atoms with Gasteiger partial charge in [-0.25, -0.2) is 0 Å². The highest BCUT2D eigenvalue weighted by Gasteiger charge is 2.42. The molecule has 0 bridgehead atoms. The summed E-state index contributed by atoms with van der Waals surface area (Å²) in [5, 5.41) is 0.864. The molecule has 1 aliphatic rings. The quantitative estimate of drug-likeness (QED) is 0.839. The molecule has 5 heteroatoms. The van der Waals surface area contributed by atoms with Crippen LogP contribution in [0.4, 0.5) is 0 Å². The Morgan fingerprint density at radius 3 is 2.44 bits per heavy atom. The number of Topliss-reactive ketones (excluding diaryl/α,β-unsaturated/α-hetero) is 1. The Kier molecular flexibility index (Phi) is 3.38. The number of hydrogen-bond donors (Lipinski definition) is 0. The first-order valence-corrected chi connectivity index (χ1v) is 5.55. The third-order valence-electron chi connectivity index (χ3n) is 2.50. The summed E-state index contributed by atoms with van der Waals surface area (Å²) in [6, 6.07) is 5.10. The van der Waals surface area contributed by atoms with Gasteiger partial charge in [-0.15, -0.1) is 0 Å². The maximum Gasteiger partial charge on any atom is 0.169 e. The van der Waals surface area contributed by atoms with E-state index in [0.717, 1.165) is 0 Å². The monoisotopic (exact) mass is 260 g/mol. The first-order valence-electron chi connectivity index (χ1n) is 4.79. The standard InChI is InChI=1S/C11H10Cl2O3/c1-15-11-8(14)5-9(11)16-10-6(12)3-2-4-7(10)13/h2-4,9,11H,5H2,1H3. The van der Waals surface area contributed by atoms with Gasteiger partial charge in [0.05, 0.1) is 10.0 Å². The van der Waals surface area contributed by atoms with Crippen molar-refractivity contribution in [1.29, 1.82) is 0 Å². The van der Waals surface area contributed by atoms with Crippen LogP contribution in [0.1, 0.15) is 6.42 Å². The Hall–Kier alpha value is -0.770. The highest BCUT2D eigenvalue weighted by Crippen LogP contribution is 2.36. The molecule has 2 unspecified atom stereocenters. The summed E-state index contributed by atoms with van der Waals surface area (Å²) >= 11 is 11.9. The van der Waals surface area contributed by atoms with Crippen LogP contribution < -0.4 is 4.74 Å². The third kappa shape index (κ3) is 2.03. The molecule has 0 aliphatic heterocycles. The lowest BCUT2D eigenvalue weighted by Gasteiger charge is -2.34. The van der Waals surface area contributed by atoms with Crippen molar-refractivity contribution >= 4 is 29.0 Å². The minimum absolute atomic E-state index is 0.0377. The molecular formula is C11H10Cl2O3. The van der Waals surface area contributed by atoms with E-state index in [-0.39, 0.29) is 11.9 Å². The Morgan fingerprint density at radius 1 is 1.31 bits per heavy atom. The van der Waals surface area contributed by atoms with Crippen LogP contribution >= 0.6 is 23.2 Å². The summed E-state index contributed by atoms with van der Waals surface area (Å²) in [6.45, 7) is 0. The second-order valence-corrected chi connectivity index (χ2v) is 4.35. The van der Waals surface area contributed by atoms with Crippen LogP contribution in [-0.2, 0) is 9.53 Å². The average Bonchev–Trinajstić information content (AvgIpc) is 2.22. The second-order valence-electron chi connectivity index (χ2n) is 3.53. The number of halogens is 2. The van der Waals surface area contributed by atoms with E-state index in [2.05, 4.69) is 0 Å². The number of carbonyl (C=O) groups excluding carboxylic acids is 1. The molecule has 1 aliphatic carbocycles. The van der Waals surface area contributed by atoms with Gasteiger partial charge >= 0.3 is 0 Å². The van der Waals surface area contributed by atoms with Crippen molar-refractivity contribution in [1.82, 2.24) is 0 Å². The van der Waals surface area contributed by atoms with Crippen molar-refractivity contribution in [3.05, 3.63) is 28.2 Å². The molecule has 0 amide bonds. The SMILES string of the molecule is COC1C(=O)CC1Oc1c(Cl)cccc1Cl. The molecule has 3 nitrogen and oxygen atoms in total. The van der Waals surface area contributed by atoms with Gasteiger partial charge in [-0.3, -0.25) is 4.79 Å². The minimum Gasteiger partial charge on any atom is -0.484 e. The van der Waals surface area contributed by atoms with Crippen LogP contribution in [0.3, 0.4) is 0 Å². The lowest BCUT2D eigenvalue weighted by atomic mass is 9.90. The zero-order chi connectivity index (χ0) is 11.7. The van der Waals surface area contributed by atoms with Gasteiger partial charge in [-0.1, -0.05) is 29.3 Å². The van der Waals surface area contributed by atoms with E-state index in [9.17, 15) is 4.79 Å². The first kappa shape index (κ1) is 11.7. The Balaban J connectivity index is 2.13. The number of benzene rings is 1. The van der Waals surface area contributed by atoms with Gasteiger partial charge in [0.25, 0.3) is 0 Å². The molecule has 0 spiro atoms. The fourth-order valence-corrected chi connectivity index (χ4v) is 2.09. The molecule has 0 aromatic heterocycles. The van der Waals surface area contributed by atoms with Crippen LogP contribution in [0.15, 0.2) is 18.2 Å². The number of para-hydroxylation sites is 1. The molecule has 0 heterocycles. The van der Waals surface area contributed by atoms with Gasteiger partial charge in [0.2, 0.25) is 0 Å². The maximum atomic E-state index is 11.2. The molecule has 1 aromatic rings. The fraction of sp³-hybridized carbons (Fsp3) is 0.364. The highest BCUT2D eigenvalue weighted by molar-refractivity contribution is 6.37. The van der Waals surface area contributed by atoms with Gasteiger partial charge in [0.1, 0.15) is 6.10 Å². The third-order valence-corrected chi connectivity index (χ3v) is 3.09. The van der Waals surface area contributed by atoms with Gasteiger partial charge in [-0.2, -0.15) is 0 Å². The van der Waals surface area contributed by atoms with Gasteiger partial charge < -0.3 is 9.47 Å². The van der Waals surface area contributed by atoms with E-state index in [1.165, 1.54) is 7.11 Å². The number of rotatable bonds is 3. The maximum absolute atomic E-state index is 11.2. The molecule has 2 atom stereocenters. The van der Waals surface area contributed by atoms with Crippen molar-refractivity contribution in [2.75, 3.05) is 7.11 Å². The summed E-state index contributed by atoms with van der Waals surface area (Å²) < 4.78 is 10.6. The molecule has 0 radical (unpaired) electrons. The topological polar surface area (TPSA) is 35.5 Å². The van der Waals surface area contributed by atoms with Crippen LogP contribution in [0.25, 0.3) is 0 Å². The summed E-state index contributed by atoms with van der Waals surface area (Å²) in [7, 11) is 1.48. The fourth-order valence-electron chi connectivity index (χ4n) is 1.60. The number of methoxy groups -OCH3 is 1. The van der Waals surface area contributed by atoms with Crippen LogP contribution in [0, 0.1) is 0 Å². The van der Waals surface area contributed by atoms with E-state index in [0.29, 0.717) is 22.2 Å². The number of carbonyl (C=O) groups is 1. The predicted octanol–water partition coefficient (Wildman–Crippen LogP) is 2.73. The van der Waals surface area contributed by atoms with E-state index in [1.54, 1.807) is 18.2 Å². The summed E-state index contributed by atoms with van der Waals surface area (Å²) in [4.78, 5) is 11.2. The second kappa shape index (κ2) is 4.62. The van der Waals surface area contributed by atoms with E-state index >= 15 is 0 Å². The van der Waals surface area contributed by atoms with Crippen molar-refractivity contribution in [3.63, 3.8) is 0 Å². The Labute approximate surface area is 103 Å². The molecule has 1 saturated carbocycles. The molecule has 0 saturated heterocycles. The molecule has 16 heavy (non-hydrogen) atoms. The molecule has 1 fully saturated rings. The largest absolute Gasteiger partial charge is 0.484 e. The normalized spacial score (nSPS) is 24.1. The Bertz CT molecular complexity index is 399. The van der Waals surface area contributed by atoms with Gasteiger partial charge in [0.15, 0.2) is 17.6 Å². The van der Waals surface area contributed by atoms with Crippen LogP contribution in [0.2, 0.25) is 10.0 Å². The molecule has 1 aromatic carbocycles. The lowest BCUT2D eigenvalue weighted by Crippen LogP contribution is -2.51. The minimum atomic E-state index is -0.507. The number of ether oxygens (including phenoxy) is 2. The molecular weight excluding hydrogens is 251 g/mol. The average molecular weight is 261 g/mol. The molecule has 86 valence electrons. The molecule has 2 rings (SSSR count). The van der Waals surface area contributed by atoms with E-state index < -0.39 is 6.10 Å². The number of hydrogen-bond acceptors (Lipinski definition) is 3.